The van der Waals surface area contributed by atoms with Crippen molar-refractivity contribution < 1.29 is 13.9 Å². The van der Waals surface area contributed by atoms with Crippen LogP contribution in [0.4, 0.5) is 0 Å². The number of benzene rings is 1. The van der Waals surface area contributed by atoms with Crippen LogP contribution in [0, 0.1) is 5.92 Å². The summed E-state index contributed by atoms with van der Waals surface area (Å²) in [6.45, 7) is 8.95. The topological polar surface area (TPSA) is 65.6 Å². The van der Waals surface area contributed by atoms with E-state index in [0.717, 1.165) is 60.0 Å². The third-order valence-electron chi connectivity index (χ3n) is 5.18. The fourth-order valence-corrected chi connectivity index (χ4v) is 4.75. The van der Waals surface area contributed by atoms with Crippen molar-refractivity contribution >= 4 is 11.8 Å². The zero-order chi connectivity index (χ0) is 21.6. The Kier molecular flexibility index (Phi) is 7.32. The summed E-state index contributed by atoms with van der Waals surface area (Å²) in [7, 11) is 1.67. The Labute approximate surface area is 187 Å². The summed E-state index contributed by atoms with van der Waals surface area (Å²) in [4.78, 5) is 2.49. The zero-order valence-electron chi connectivity index (χ0n) is 18.4. The standard InChI is InChI=1S/C23H30N4O3S/c1-17(2)13-26-9-11-30-21(14-26)16-31-23-25-24-22(18-6-4-7-19(12-18)28-3)27(23)15-20-8-5-10-29-20/h4-8,10,12,17,21H,9,11,13-16H2,1-3H3/t21-/m1/s1. The van der Waals surface area contributed by atoms with Crippen molar-refractivity contribution in [3.8, 4) is 17.1 Å². The summed E-state index contributed by atoms with van der Waals surface area (Å²) in [6, 6.07) is 11.8. The van der Waals surface area contributed by atoms with E-state index in [1.54, 1.807) is 25.1 Å². The van der Waals surface area contributed by atoms with Crippen molar-refractivity contribution in [1.29, 1.82) is 0 Å². The molecule has 0 unspecified atom stereocenters. The maximum absolute atomic E-state index is 6.02. The quantitative estimate of drug-likeness (QED) is 0.463. The molecule has 7 nitrogen and oxygen atoms in total. The first-order valence-corrected chi connectivity index (χ1v) is 11.7. The van der Waals surface area contributed by atoms with Gasteiger partial charge in [-0.25, -0.2) is 0 Å². The van der Waals surface area contributed by atoms with Crippen molar-refractivity contribution in [3.63, 3.8) is 0 Å². The molecule has 166 valence electrons. The van der Waals surface area contributed by atoms with Gasteiger partial charge in [-0.3, -0.25) is 9.47 Å². The Hall–Kier alpha value is -2.29. The summed E-state index contributed by atoms with van der Waals surface area (Å²) >= 11 is 1.69. The molecule has 0 amide bonds. The van der Waals surface area contributed by atoms with Crippen LogP contribution in [0.25, 0.3) is 11.4 Å². The monoisotopic (exact) mass is 442 g/mol. The molecule has 4 rings (SSSR count). The van der Waals surface area contributed by atoms with E-state index in [1.807, 2.05) is 36.4 Å². The highest BCUT2D eigenvalue weighted by Gasteiger charge is 2.23. The van der Waals surface area contributed by atoms with Crippen molar-refractivity contribution in [2.75, 3.05) is 39.1 Å². The van der Waals surface area contributed by atoms with E-state index in [9.17, 15) is 0 Å². The van der Waals surface area contributed by atoms with Gasteiger partial charge in [-0.15, -0.1) is 10.2 Å². The summed E-state index contributed by atoms with van der Waals surface area (Å²) < 4.78 is 19.1. The molecule has 1 aliphatic heterocycles. The number of nitrogens with zero attached hydrogens (tertiary/aromatic N) is 4. The smallest absolute Gasteiger partial charge is 0.192 e. The molecule has 1 aliphatic rings. The van der Waals surface area contributed by atoms with Crippen molar-refractivity contribution in [2.45, 2.75) is 31.7 Å². The molecule has 0 saturated carbocycles. The van der Waals surface area contributed by atoms with Gasteiger partial charge in [0, 0.05) is 31.0 Å². The minimum absolute atomic E-state index is 0.187. The second-order valence-corrected chi connectivity index (χ2v) is 9.15. The molecule has 0 spiro atoms. The van der Waals surface area contributed by atoms with E-state index in [1.165, 1.54) is 0 Å². The fourth-order valence-electron chi connectivity index (χ4n) is 3.80. The van der Waals surface area contributed by atoms with E-state index in [2.05, 4.69) is 33.5 Å². The Bertz CT molecular complexity index is 958. The molecule has 3 heterocycles. The van der Waals surface area contributed by atoms with Gasteiger partial charge in [-0.1, -0.05) is 37.7 Å². The minimum Gasteiger partial charge on any atom is -0.497 e. The lowest BCUT2D eigenvalue weighted by Crippen LogP contribution is -2.44. The van der Waals surface area contributed by atoms with Gasteiger partial charge in [-0.2, -0.15) is 0 Å². The highest BCUT2D eigenvalue weighted by molar-refractivity contribution is 7.99. The second kappa shape index (κ2) is 10.3. The number of furan rings is 1. The van der Waals surface area contributed by atoms with Gasteiger partial charge in [-0.05, 0) is 30.2 Å². The number of ether oxygens (including phenoxy) is 2. The van der Waals surface area contributed by atoms with E-state index in [0.29, 0.717) is 12.5 Å². The molecular formula is C23H30N4O3S. The molecule has 1 atom stereocenters. The Balaban J connectivity index is 1.52. The zero-order valence-corrected chi connectivity index (χ0v) is 19.2. The van der Waals surface area contributed by atoms with E-state index in [4.69, 9.17) is 13.9 Å². The number of thioether (sulfide) groups is 1. The van der Waals surface area contributed by atoms with Crippen LogP contribution in [0.2, 0.25) is 0 Å². The van der Waals surface area contributed by atoms with Crippen LogP contribution in [0.3, 0.4) is 0 Å². The predicted molar refractivity (Wildman–Crippen MR) is 122 cm³/mol. The Morgan fingerprint density at radius 3 is 2.90 bits per heavy atom. The van der Waals surface area contributed by atoms with Crippen LogP contribution in [-0.4, -0.2) is 64.9 Å². The van der Waals surface area contributed by atoms with E-state index >= 15 is 0 Å². The highest BCUT2D eigenvalue weighted by atomic mass is 32.2. The molecular weight excluding hydrogens is 412 g/mol. The van der Waals surface area contributed by atoms with Crippen LogP contribution < -0.4 is 4.74 Å². The number of aromatic nitrogens is 3. The summed E-state index contributed by atoms with van der Waals surface area (Å²) in [5.41, 5.74) is 0.960. The molecule has 31 heavy (non-hydrogen) atoms. The first-order chi connectivity index (χ1) is 15.1. The number of methoxy groups -OCH3 is 1. The third kappa shape index (κ3) is 5.70. The number of hydrogen-bond acceptors (Lipinski definition) is 7. The molecule has 1 aromatic carbocycles. The van der Waals surface area contributed by atoms with Crippen LogP contribution in [0.5, 0.6) is 5.75 Å². The molecule has 0 bridgehead atoms. The van der Waals surface area contributed by atoms with E-state index in [-0.39, 0.29) is 6.10 Å². The van der Waals surface area contributed by atoms with Crippen molar-refractivity contribution in [2.24, 2.45) is 5.92 Å². The maximum atomic E-state index is 6.02. The van der Waals surface area contributed by atoms with E-state index < -0.39 is 0 Å². The number of hydrogen-bond donors (Lipinski definition) is 0. The molecule has 0 radical (unpaired) electrons. The van der Waals surface area contributed by atoms with Gasteiger partial charge in [0.15, 0.2) is 11.0 Å². The highest BCUT2D eigenvalue weighted by Crippen LogP contribution is 2.28. The average Bonchev–Trinajstić information content (AvgIpc) is 3.42. The van der Waals surface area contributed by atoms with Crippen LogP contribution in [0.1, 0.15) is 19.6 Å². The normalized spacial score (nSPS) is 17.4. The fraction of sp³-hybridized carbons (Fsp3) is 0.478. The number of rotatable bonds is 9. The summed E-state index contributed by atoms with van der Waals surface area (Å²) in [5, 5.41) is 9.87. The minimum atomic E-state index is 0.187. The SMILES string of the molecule is COc1cccc(-c2nnc(SC[C@H]3CN(CC(C)C)CCO3)n2Cc2ccco2)c1. The second-order valence-electron chi connectivity index (χ2n) is 8.16. The first-order valence-electron chi connectivity index (χ1n) is 10.7. The first kappa shape index (κ1) is 21.9. The molecule has 0 N–H and O–H groups in total. The molecule has 1 fully saturated rings. The Morgan fingerprint density at radius 1 is 1.23 bits per heavy atom. The molecule has 3 aromatic rings. The molecule has 1 saturated heterocycles. The van der Waals surface area contributed by atoms with Gasteiger partial charge in [0.25, 0.3) is 0 Å². The average molecular weight is 443 g/mol. The van der Waals surface area contributed by atoms with Crippen molar-refractivity contribution in [3.05, 3.63) is 48.4 Å². The molecule has 8 heteroatoms. The third-order valence-corrected chi connectivity index (χ3v) is 6.28. The maximum Gasteiger partial charge on any atom is 0.192 e. The Morgan fingerprint density at radius 2 is 2.13 bits per heavy atom. The predicted octanol–water partition coefficient (Wildman–Crippen LogP) is 4.04. The summed E-state index contributed by atoms with van der Waals surface area (Å²) in [5.74, 6) is 3.95. The van der Waals surface area contributed by atoms with Crippen LogP contribution in [0.15, 0.2) is 52.2 Å². The lowest BCUT2D eigenvalue weighted by molar-refractivity contribution is -0.0191. The van der Waals surface area contributed by atoms with Crippen molar-refractivity contribution in [1.82, 2.24) is 19.7 Å². The molecule has 2 aromatic heterocycles. The molecule has 0 aliphatic carbocycles. The summed E-state index contributed by atoms with van der Waals surface area (Å²) in [6.07, 6.45) is 1.88. The van der Waals surface area contributed by atoms with Crippen LogP contribution in [-0.2, 0) is 11.3 Å². The van der Waals surface area contributed by atoms with Crippen LogP contribution >= 0.6 is 11.8 Å². The lowest BCUT2D eigenvalue weighted by Gasteiger charge is -2.33. The lowest BCUT2D eigenvalue weighted by atomic mass is 10.2. The van der Waals surface area contributed by atoms with Gasteiger partial charge in [0.2, 0.25) is 0 Å². The largest absolute Gasteiger partial charge is 0.497 e. The number of morpholine rings is 1. The van der Waals surface area contributed by atoms with Gasteiger partial charge < -0.3 is 13.9 Å². The van der Waals surface area contributed by atoms with Gasteiger partial charge >= 0.3 is 0 Å². The van der Waals surface area contributed by atoms with Gasteiger partial charge in [0.1, 0.15) is 11.5 Å². The van der Waals surface area contributed by atoms with Gasteiger partial charge in [0.05, 0.1) is 32.6 Å².